The molecule has 0 aromatic heterocycles. The summed E-state index contributed by atoms with van der Waals surface area (Å²) in [5, 5.41) is 0. The summed E-state index contributed by atoms with van der Waals surface area (Å²) in [4.78, 5) is 13.2. The molecule has 1 heterocycles. The normalized spacial score (nSPS) is 21.8. The number of hydrogen-bond acceptors (Lipinski definition) is 4. The molecule has 1 saturated heterocycles. The van der Waals surface area contributed by atoms with Gasteiger partial charge in [-0.15, -0.1) is 0 Å². The number of hydrogen-bond donors (Lipinski definition) is 1. The van der Waals surface area contributed by atoms with Gasteiger partial charge in [0.1, 0.15) is 0 Å². The maximum Gasteiger partial charge on any atom is 0.221 e. The number of nitrogens with two attached hydrogens (primary N) is 1. The summed E-state index contributed by atoms with van der Waals surface area (Å²) >= 11 is 0. The summed E-state index contributed by atoms with van der Waals surface area (Å²) in [6, 6.07) is 0. The van der Waals surface area contributed by atoms with E-state index in [2.05, 4.69) is 4.90 Å². The SMILES string of the molecule is CCOC(CN1CCC(C(N)=O)C1)OCC. The summed E-state index contributed by atoms with van der Waals surface area (Å²) in [5.41, 5.74) is 5.28. The Kier molecular flexibility index (Phi) is 5.73. The Bertz CT molecular complexity index is 217. The van der Waals surface area contributed by atoms with E-state index >= 15 is 0 Å². The summed E-state index contributed by atoms with van der Waals surface area (Å²) in [6.07, 6.45) is 0.655. The van der Waals surface area contributed by atoms with Crippen LogP contribution in [-0.2, 0) is 14.3 Å². The minimum absolute atomic E-state index is 0.0103. The van der Waals surface area contributed by atoms with E-state index in [0.29, 0.717) is 19.8 Å². The van der Waals surface area contributed by atoms with Crippen LogP contribution in [0.1, 0.15) is 20.3 Å². The molecule has 0 aromatic carbocycles. The molecule has 0 radical (unpaired) electrons. The Morgan fingerprint density at radius 2 is 2.06 bits per heavy atom. The van der Waals surface area contributed by atoms with Gasteiger partial charge in [-0.2, -0.15) is 0 Å². The number of primary amides is 1. The van der Waals surface area contributed by atoms with E-state index in [9.17, 15) is 4.79 Å². The van der Waals surface area contributed by atoms with Crippen LogP contribution >= 0.6 is 0 Å². The van der Waals surface area contributed by atoms with Crippen LogP contribution in [0.15, 0.2) is 0 Å². The van der Waals surface area contributed by atoms with Crippen molar-refractivity contribution in [3.63, 3.8) is 0 Å². The van der Waals surface area contributed by atoms with E-state index in [0.717, 1.165) is 19.5 Å². The smallest absolute Gasteiger partial charge is 0.221 e. The van der Waals surface area contributed by atoms with Gasteiger partial charge >= 0.3 is 0 Å². The molecule has 1 aliphatic heterocycles. The third-order valence-electron chi connectivity index (χ3n) is 2.79. The van der Waals surface area contributed by atoms with Crippen molar-refractivity contribution in [2.45, 2.75) is 26.6 Å². The molecular formula is C11H22N2O3. The highest BCUT2D eigenvalue weighted by atomic mass is 16.7. The highest BCUT2D eigenvalue weighted by Gasteiger charge is 2.28. The van der Waals surface area contributed by atoms with Crippen LogP contribution in [0.5, 0.6) is 0 Å². The summed E-state index contributed by atoms with van der Waals surface area (Å²) in [7, 11) is 0. The van der Waals surface area contributed by atoms with Gasteiger partial charge in [-0.05, 0) is 26.8 Å². The van der Waals surface area contributed by atoms with Crippen LogP contribution in [0.4, 0.5) is 0 Å². The van der Waals surface area contributed by atoms with Crippen molar-refractivity contribution in [2.75, 3.05) is 32.8 Å². The second-order valence-corrected chi connectivity index (χ2v) is 3.99. The predicted molar refractivity (Wildman–Crippen MR) is 60.8 cm³/mol. The fourth-order valence-corrected chi connectivity index (χ4v) is 1.97. The summed E-state index contributed by atoms with van der Waals surface area (Å²) in [6.45, 7) is 7.50. The van der Waals surface area contributed by atoms with E-state index in [1.807, 2.05) is 13.8 Å². The van der Waals surface area contributed by atoms with E-state index in [1.165, 1.54) is 0 Å². The van der Waals surface area contributed by atoms with Gasteiger partial charge in [0.2, 0.25) is 5.91 Å². The molecule has 1 atom stereocenters. The monoisotopic (exact) mass is 230 g/mol. The lowest BCUT2D eigenvalue weighted by Crippen LogP contribution is -2.35. The van der Waals surface area contributed by atoms with E-state index < -0.39 is 0 Å². The minimum atomic E-state index is -0.202. The number of likely N-dealkylation sites (tertiary alicyclic amines) is 1. The molecule has 1 rings (SSSR count). The van der Waals surface area contributed by atoms with Crippen LogP contribution in [0.2, 0.25) is 0 Å². The van der Waals surface area contributed by atoms with Gasteiger partial charge in [0.25, 0.3) is 0 Å². The molecule has 0 bridgehead atoms. The number of nitrogens with zero attached hydrogens (tertiary/aromatic N) is 1. The summed E-state index contributed by atoms with van der Waals surface area (Å²) in [5.74, 6) is -0.212. The molecule has 1 aliphatic rings. The maximum atomic E-state index is 11.0. The first-order valence-corrected chi connectivity index (χ1v) is 5.92. The number of carbonyl (C=O) groups is 1. The van der Waals surface area contributed by atoms with Gasteiger partial charge < -0.3 is 15.2 Å². The zero-order valence-corrected chi connectivity index (χ0v) is 10.1. The largest absolute Gasteiger partial charge is 0.369 e. The molecule has 1 fully saturated rings. The number of rotatable bonds is 7. The molecule has 2 N–H and O–H groups in total. The van der Waals surface area contributed by atoms with Crippen molar-refractivity contribution in [3.8, 4) is 0 Å². The second kappa shape index (κ2) is 6.83. The Morgan fingerprint density at radius 1 is 1.44 bits per heavy atom. The van der Waals surface area contributed by atoms with Gasteiger partial charge in [0.05, 0.1) is 5.92 Å². The summed E-state index contributed by atoms with van der Waals surface area (Å²) < 4.78 is 10.9. The number of amides is 1. The fourth-order valence-electron chi connectivity index (χ4n) is 1.97. The van der Waals surface area contributed by atoms with Crippen molar-refractivity contribution in [3.05, 3.63) is 0 Å². The molecule has 5 heteroatoms. The molecule has 94 valence electrons. The quantitative estimate of drug-likeness (QED) is 0.634. The van der Waals surface area contributed by atoms with E-state index in [4.69, 9.17) is 15.2 Å². The predicted octanol–water partition coefficient (Wildman–Crippen LogP) is 0.193. The third-order valence-corrected chi connectivity index (χ3v) is 2.79. The number of ether oxygens (including phenoxy) is 2. The first-order valence-electron chi connectivity index (χ1n) is 5.92. The molecule has 0 spiro atoms. The van der Waals surface area contributed by atoms with Crippen LogP contribution in [-0.4, -0.2) is 49.9 Å². The average Bonchev–Trinajstić information content (AvgIpc) is 2.67. The van der Waals surface area contributed by atoms with Crippen molar-refractivity contribution < 1.29 is 14.3 Å². The standard InChI is InChI=1S/C11H22N2O3/c1-3-15-10(16-4-2)8-13-6-5-9(7-13)11(12)14/h9-10H,3-8H2,1-2H3,(H2,12,14). The first kappa shape index (κ1) is 13.4. The molecule has 1 amide bonds. The highest BCUT2D eigenvalue weighted by molar-refractivity contribution is 5.77. The van der Waals surface area contributed by atoms with Crippen molar-refractivity contribution in [1.29, 1.82) is 0 Å². The van der Waals surface area contributed by atoms with Crippen LogP contribution in [0.3, 0.4) is 0 Å². The van der Waals surface area contributed by atoms with E-state index in [1.54, 1.807) is 0 Å². The van der Waals surface area contributed by atoms with Gasteiger partial charge in [-0.25, -0.2) is 0 Å². The van der Waals surface area contributed by atoms with Crippen molar-refractivity contribution in [2.24, 2.45) is 11.7 Å². The molecule has 0 saturated carbocycles. The van der Waals surface area contributed by atoms with Gasteiger partial charge in [0.15, 0.2) is 6.29 Å². The van der Waals surface area contributed by atoms with Crippen LogP contribution < -0.4 is 5.73 Å². The minimum Gasteiger partial charge on any atom is -0.369 e. The Balaban J connectivity index is 2.32. The molecule has 5 nitrogen and oxygen atoms in total. The lowest BCUT2D eigenvalue weighted by molar-refractivity contribution is -0.146. The Labute approximate surface area is 96.9 Å². The lowest BCUT2D eigenvalue weighted by Gasteiger charge is -2.23. The van der Waals surface area contributed by atoms with Gasteiger partial charge in [0, 0.05) is 26.3 Å². The Morgan fingerprint density at radius 3 is 2.50 bits per heavy atom. The average molecular weight is 230 g/mol. The molecule has 0 aliphatic carbocycles. The zero-order valence-electron chi connectivity index (χ0n) is 10.1. The maximum absolute atomic E-state index is 11.0. The topological polar surface area (TPSA) is 64.8 Å². The third kappa shape index (κ3) is 4.08. The first-order chi connectivity index (χ1) is 7.67. The van der Waals surface area contributed by atoms with Gasteiger partial charge in [-0.3, -0.25) is 9.69 Å². The number of carbonyl (C=O) groups excluding carboxylic acids is 1. The molecule has 1 unspecified atom stereocenters. The highest BCUT2D eigenvalue weighted by Crippen LogP contribution is 2.16. The molecule has 16 heavy (non-hydrogen) atoms. The Hall–Kier alpha value is -0.650. The molecule has 0 aromatic rings. The van der Waals surface area contributed by atoms with Crippen molar-refractivity contribution in [1.82, 2.24) is 4.90 Å². The lowest BCUT2D eigenvalue weighted by atomic mass is 10.1. The van der Waals surface area contributed by atoms with Gasteiger partial charge in [-0.1, -0.05) is 0 Å². The fraction of sp³-hybridized carbons (Fsp3) is 0.909. The molecular weight excluding hydrogens is 208 g/mol. The van der Waals surface area contributed by atoms with E-state index in [-0.39, 0.29) is 18.1 Å². The second-order valence-electron chi connectivity index (χ2n) is 3.99. The van der Waals surface area contributed by atoms with Crippen molar-refractivity contribution >= 4 is 5.91 Å². The van der Waals surface area contributed by atoms with Crippen LogP contribution in [0, 0.1) is 5.92 Å². The zero-order chi connectivity index (χ0) is 12.0. The van der Waals surface area contributed by atoms with Crippen LogP contribution in [0.25, 0.3) is 0 Å².